The quantitative estimate of drug-likeness (QED) is 0.879. The molecule has 23 heavy (non-hydrogen) atoms. The molecule has 1 fully saturated rings. The van der Waals surface area contributed by atoms with Gasteiger partial charge in [-0.1, -0.05) is 6.07 Å². The van der Waals surface area contributed by atoms with Gasteiger partial charge in [-0.3, -0.25) is 9.69 Å². The normalized spacial score (nSPS) is 20.7. The summed E-state index contributed by atoms with van der Waals surface area (Å²) < 4.78 is 23.8. The Morgan fingerprint density at radius 3 is 2.74 bits per heavy atom. The van der Waals surface area contributed by atoms with Crippen LogP contribution in [0.4, 0.5) is 9.18 Å². The van der Waals surface area contributed by atoms with Crippen LogP contribution in [-0.2, 0) is 16.9 Å². The number of halogens is 1. The fourth-order valence-electron chi connectivity index (χ4n) is 2.56. The van der Waals surface area contributed by atoms with Crippen molar-refractivity contribution in [3.63, 3.8) is 0 Å². The lowest BCUT2D eigenvalue weighted by molar-refractivity contribution is -0.132. The summed E-state index contributed by atoms with van der Waals surface area (Å²) in [6.07, 6.45) is 1.43. The van der Waals surface area contributed by atoms with Gasteiger partial charge in [0.15, 0.2) is 17.1 Å². The van der Waals surface area contributed by atoms with Gasteiger partial charge in [-0.05, 0) is 36.8 Å². The van der Waals surface area contributed by atoms with Crippen molar-refractivity contribution in [1.82, 2.24) is 10.2 Å². The maximum atomic E-state index is 13.8. The molecule has 7 heteroatoms. The van der Waals surface area contributed by atoms with E-state index in [4.69, 9.17) is 9.15 Å². The van der Waals surface area contributed by atoms with Gasteiger partial charge in [-0.2, -0.15) is 0 Å². The molecule has 2 heterocycles. The van der Waals surface area contributed by atoms with Crippen LogP contribution in [0, 0.1) is 5.82 Å². The number of furan rings is 1. The molecule has 1 unspecified atom stereocenters. The van der Waals surface area contributed by atoms with Crippen LogP contribution in [0.15, 0.2) is 41.0 Å². The summed E-state index contributed by atoms with van der Waals surface area (Å²) in [6, 6.07) is 7.00. The van der Waals surface area contributed by atoms with E-state index in [1.54, 1.807) is 25.1 Å². The van der Waals surface area contributed by atoms with E-state index in [1.165, 1.54) is 25.5 Å². The summed E-state index contributed by atoms with van der Waals surface area (Å²) >= 11 is 0. The van der Waals surface area contributed by atoms with Gasteiger partial charge in [0.05, 0.1) is 19.9 Å². The Morgan fingerprint density at radius 1 is 1.35 bits per heavy atom. The van der Waals surface area contributed by atoms with Crippen molar-refractivity contribution >= 4 is 11.9 Å². The average molecular weight is 318 g/mol. The molecule has 0 saturated carbocycles. The maximum absolute atomic E-state index is 13.8. The Balaban J connectivity index is 1.85. The lowest BCUT2D eigenvalue weighted by Crippen LogP contribution is -2.40. The molecule has 120 valence electrons. The van der Waals surface area contributed by atoms with Crippen molar-refractivity contribution in [3.8, 4) is 5.75 Å². The van der Waals surface area contributed by atoms with Crippen molar-refractivity contribution in [2.75, 3.05) is 7.11 Å². The summed E-state index contributed by atoms with van der Waals surface area (Å²) in [5.74, 6) is -0.551. The van der Waals surface area contributed by atoms with E-state index in [0.717, 1.165) is 4.90 Å². The number of amides is 3. The number of methoxy groups -OCH3 is 1. The van der Waals surface area contributed by atoms with Crippen LogP contribution in [0.2, 0.25) is 0 Å². The zero-order chi connectivity index (χ0) is 16.6. The Labute approximate surface area is 131 Å². The first kappa shape index (κ1) is 15.1. The molecule has 3 amide bonds. The minimum absolute atomic E-state index is 0.0398. The lowest BCUT2D eigenvalue weighted by atomic mass is 9.99. The highest BCUT2D eigenvalue weighted by molar-refractivity contribution is 6.06. The number of rotatable bonds is 4. The third kappa shape index (κ3) is 2.44. The molecule has 0 spiro atoms. The largest absolute Gasteiger partial charge is 0.494 e. The van der Waals surface area contributed by atoms with Crippen molar-refractivity contribution < 1.29 is 23.1 Å². The van der Waals surface area contributed by atoms with E-state index in [-0.39, 0.29) is 12.3 Å². The van der Waals surface area contributed by atoms with Crippen LogP contribution in [0.25, 0.3) is 0 Å². The second kappa shape index (κ2) is 5.42. The van der Waals surface area contributed by atoms with Gasteiger partial charge in [0.1, 0.15) is 5.76 Å². The topological polar surface area (TPSA) is 71.8 Å². The van der Waals surface area contributed by atoms with Crippen molar-refractivity contribution in [2.45, 2.75) is 19.0 Å². The molecule has 0 radical (unpaired) electrons. The highest BCUT2D eigenvalue weighted by Gasteiger charge is 2.50. The third-order valence-electron chi connectivity index (χ3n) is 3.85. The van der Waals surface area contributed by atoms with Crippen LogP contribution >= 0.6 is 0 Å². The highest BCUT2D eigenvalue weighted by Crippen LogP contribution is 2.30. The monoisotopic (exact) mass is 318 g/mol. The van der Waals surface area contributed by atoms with Crippen molar-refractivity contribution in [2.24, 2.45) is 0 Å². The average Bonchev–Trinajstić information content (AvgIpc) is 3.12. The van der Waals surface area contributed by atoms with Crippen molar-refractivity contribution in [3.05, 3.63) is 53.7 Å². The molecule has 1 aliphatic rings. The second-order valence-corrected chi connectivity index (χ2v) is 5.39. The van der Waals surface area contributed by atoms with E-state index in [1.807, 2.05) is 0 Å². The summed E-state index contributed by atoms with van der Waals surface area (Å²) in [5.41, 5.74) is -0.776. The molecule has 1 aliphatic heterocycles. The molecule has 1 atom stereocenters. The maximum Gasteiger partial charge on any atom is 0.325 e. The van der Waals surface area contributed by atoms with E-state index in [0.29, 0.717) is 11.3 Å². The SMILES string of the molecule is COc1ccc(CN2C(=O)NC(C)(c3ccco3)C2=O)cc1F. The zero-order valence-corrected chi connectivity index (χ0v) is 12.6. The summed E-state index contributed by atoms with van der Waals surface area (Å²) in [5, 5.41) is 2.62. The predicted molar refractivity (Wildman–Crippen MR) is 78.1 cm³/mol. The molecular formula is C16H15FN2O4. The fraction of sp³-hybridized carbons (Fsp3) is 0.250. The number of imide groups is 1. The number of hydrogen-bond donors (Lipinski definition) is 1. The number of urea groups is 1. The molecule has 0 bridgehead atoms. The van der Waals surface area contributed by atoms with Crippen molar-refractivity contribution in [1.29, 1.82) is 0 Å². The molecule has 6 nitrogen and oxygen atoms in total. The second-order valence-electron chi connectivity index (χ2n) is 5.39. The van der Waals surface area contributed by atoms with Gasteiger partial charge >= 0.3 is 6.03 Å². The van der Waals surface area contributed by atoms with E-state index in [9.17, 15) is 14.0 Å². The standard InChI is InChI=1S/C16H15FN2O4/c1-16(13-4-3-7-23-13)14(20)19(15(21)18-16)9-10-5-6-12(22-2)11(17)8-10/h3-8H,9H2,1-2H3,(H,18,21). The number of ether oxygens (including phenoxy) is 1. The first-order valence-electron chi connectivity index (χ1n) is 6.96. The molecule has 1 N–H and O–H groups in total. The number of nitrogens with zero attached hydrogens (tertiary/aromatic N) is 1. The Hall–Kier alpha value is -2.83. The highest BCUT2D eigenvalue weighted by atomic mass is 19.1. The summed E-state index contributed by atoms with van der Waals surface area (Å²) in [7, 11) is 1.37. The molecule has 0 aliphatic carbocycles. The first-order chi connectivity index (χ1) is 11.0. The minimum Gasteiger partial charge on any atom is -0.494 e. The van der Waals surface area contributed by atoms with Crippen LogP contribution in [0.5, 0.6) is 5.75 Å². The molecular weight excluding hydrogens is 303 g/mol. The molecule has 1 aromatic carbocycles. The zero-order valence-electron chi connectivity index (χ0n) is 12.6. The van der Waals surface area contributed by atoms with E-state index in [2.05, 4.69) is 5.32 Å². The van der Waals surface area contributed by atoms with Crippen LogP contribution in [-0.4, -0.2) is 23.9 Å². The molecule has 1 saturated heterocycles. The smallest absolute Gasteiger partial charge is 0.325 e. The van der Waals surface area contributed by atoms with Gasteiger partial charge in [-0.15, -0.1) is 0 Å². The molecule has 2 aromatic rings. The number of nitrogens with one attached hydrogen (secondary N) is 1. The van der Waals surface area contributed by atoms with E-state index >= 15 is 0 Å². The van der Waals surface area contributed by atoms with Gasteiger partial charge < -0.3 is 14.5 Å². The number of hydrogen-bond acceptors (Lipinski definition) is 4. The van der Waals surface area contributed by atoms with Crippen LogP contribution in [0.3, 0.4) is 0 Å². The first-order valence-corrected chi connectivity index (χ1v) is 6.96. The van der Waals surface area contributed by atoms with Gasteiger partial charge in [0.2, 0.25) is 0 Å². The summed E-state index contributed by atoms with van der Waals surface area (Å²) in [4.78, 5) is 25.8. The van der Waals surface area contributed by atoms with Crippen LogP contribution < -0.4 is 10.1 Å². The molecule has 1 aromatic heterocycles. The number of carbonyl (C=O) groups is 2. The third-order valence-corrected chi connectivity index (χ3v) is 3.85. The summed E-state index contributed by atoms with van der Waals surface area (Å²) in [6.45, 7) is 1.53. The Bertz CT molecular complexity index is 759. The van der Waals surface area contributed by atoms with Gasteiger partial charge in [0, 0.05) is 0 Å². The lowest BCUT2D eigenvalue weighted by Gasteiger charge is -2.19. The van der Waals surface area contributed by atoms with Crippen LogP contribution in [0.1, 0.15) is 18.2 Å². The number of benzene rings is 1. The Kier molecular flexibility index (Phi) is 3.55. The van der Waals surface area contributed by atoms with E-state index < -0.39 is 23.3 Å². The minimum atomic E-state index is -1.26. The fourth-order valence-corrected chi connectivity index (χ4v) is 2.56. The predicted octanol–water partition coefficient (Wildman–Crippen LogP) is 2.39. The Morgan fingerprint density at radius 2 is 2.13 bits per heavy atom. The van der Waals surface area contributed by atoms with Gasteiger partial charge in [-0.25, -0.2) is 9.18 Å². The number of carbonyl (C=O) groups excluding carboxylic acids is 2. The van der Waals surface area contributed by atoms with Gasteiger partial charge in [0.25, 0.3) is 5.91 Å². The molecule has 3 rings (SSSR count).